The van der Waals surface area contributed by atoms with Crippen LogP contribution in [0.5, 0.6) is 0 Å². The lowest BCUT2D eigenvalue weighted by Crippen LogP contribution is -2.37. The first-order chi connectivity index (χ1) is 9.22. The number of unbranched alkanes of at least 4 members (excludes halogenated alkanes) is 1. The van der Waals surface area contributed by atoms with Gasteiger partial charge in [-0.05, 0) is 31.5 Å². The first kappa shape index (κ1) is 13.6. The van der Waals surface area contributed by atoms with Crippen molar-refractivity contribution in [2.75, 3.05) is 6.54 Å². The Morgan fingerprint density at radius 1 is 1.26 bits per heavy atom. The maximum Gasteiger partial charge on any atom is 0.349 e. The molecule has 0 aliphatic rings. The van der Waals surface area contributed by atoms with Gasteiger partial charge in [-0.2, -0.15) is 4.73 Å². The molecular formula is C14H19N3O2. The predicted molar refractivity (Wildman–Crippen MR) is 74.4 cm³/mol. The van der Waals surface area contributed by atoms with Gasteiger partial charge in [0.1, 0.15) is 6.04 Å². The molecule has 0 saturated carbocycles. The number of fused-ring (bicyclic) bond motifs is 1. The number of rotatable bonds is 6. The van der Waals surface area contributed by atoms with Gasteiger partial charge in [-0.3, -0.25) is 0 Å². The van der Waals surface area contributed by atoms with E-state index in [9.17, 15) is 4.79 Å². The number of benzene rings is 1. The fourth-order valence-corrected chi connectivity index (χ4v) is 1.93. The van der Waals surface area contributed by atoms with Gasteiger partial charge >= 0.3 is 5.97 Å². The van der Waals surface area contributed by atoms with E-state index < -0.39 is 12.0 Å². The molecule has 0 bridgehead atoms. The van der Waals surface area contributed by atoms with Gasteiger partial charge in [0.15, 0.2) is 0 Å². The van der Waals surface area contributed by atoms with Gasteiger partial charge < -0.3 is 16.3 Å². The number of carbonyl (C=O) groups excluding carboxylic acids is 1. The molecule has 0 aliphatic carbocycles. The summed E-state index contributed by atoms with van der Waals surface area (Å²) in [6, 6.07) is 8.97. The monoisotopic (exact) mass is 261 g/mol. The highest BCUT2D eigenvalue weighted by Crippen LogP contribution is 2.13. The average Bonchev–Trinajstić information content (AvgIpc) is 2.82. The number of aromatic nitrogens is 1. The molecule has 1 aromatic heterocycles. The van der Waals surface area contributed by atoms with Crippen LogP contribution in [0.4, 0.5) is 0 Å². The lowest BCUT2D eigenvalue weighted by atomic mass is 10.1. The summed E-state index contributed by atoms with van der Waals surface area (Å²) in [5.74, 6) is -0.418. The summed E-state index contributed by atoms with van der Waals surface area (Å²) in [5.41, 5.74) is 12.0. The highest BCUT2D eigenvalue weighted by atomic mass is 16.7. The Hall–Kier alpha value is -1.85. The summed E-state index contributed by atoms with van der Waals surface area (Å²) < 4.78 is 1.46. The SMILES string of the molecule is NCCCC[C@H](N)C(=O)On1ccc2ccccc21. The molecule has 0 radical (unpaired) electrons. The zero-order valence-electron chi connectivity index (χ0n) is 10.8. The van der Waals surface area contributed by atoms with Gasteiger partial charge in [-0.1, -0.05) is 24.6 Å². The molecule has 0 unspecified atom stereocenters. The fourth-order valence-electron chi connectivity index (χ4n) is 1.93. The smallest absolute Gasteiger partial charge is 0.335 e. The van der Waals surface area contributed by atoms with Crippen LogP contribution < -0.4 is 16.3 Å². The summed E-state index contributed by atoms with van der Waals surface area (Å²) in [6.07, 6.45) is 4.01. The Balaban J connectivity index is 1.98. The lowest BCUT2D eigenvalue weighted by Gasteiger charge is -2.11. The van der Waals surface area contributed by atoms with Gasteiger partial charge in [0.25, 0.3) is 0 Å². The molecule has 1 aromatic carbocycles. The summed E-state index contributed by atoms with van der Waals surface area (Å²) in [4.78, 5) is 17.1. The van der Waals surface area contributed by atoms with Crippen molar-refractivity contribution in [3.63, 3.8) is 0 Å². The molecule has 0 saturated heterocycles. The number of hydrogen-bond donors (Lipinski definition) is 2. The van der Waals surface area contributed by atoms with E-state index in [0.717, 1.165) is 23.7 Å². The molecule has 4 N–H and O–H groups in total. The Morgan fingerprint density at radius 2 is 2.05 bits per heavy atom. The Morgan fingerprint density at radius 3 is 2.84 bits per heavy atom. The van der Waals surface area contributed by atoms with E-state index in [-0.39, 0.29) is 0 Å². The Labute approximate surface area is 112 Å². The van der Waals surface area contributed by atoms with E-state index in [1.54, 1.807) is 6.20 Å². The summed E-state index contributed by atoms with van der Waals surface area (Å²) in [5, 5.41) is 1.02. The number of para-hydroxylation sites is 1. The van der Waals surface area contributed by atoms with Crippen molar-refractivity contribution in [3.05, 3.63) is 36.5 Å². The van der Waals surface area contributed by atoms with E-state index in [2.05, 4.69) is 0 Å². The van der Waals surface area contributed by atoms with Crippen LogP contribution in [0.25, 0.3) is 10.9 Å². The van der Waals surface area contributed by atoms with Crippen LogP contribution in [0.1, 0.15) is 19.3 Å². The molecule has 102 valence electrons. The van der Waals surface area contributed by atoms with Gasteiger partial charge in [-0.25, -0.2) is 4.79 Å². The molecule has 1 atom stereocenters. The highest BCUT2D eigenvalue weighted by Gasteiger charge is 2.16. The zero-order valence-corrected chi connectivity index (χ0v) is 10.8. The minimum atomic E-state index is -0.604. The van der Waals surface area contributed by atoms with Crippen molar-refractivity contribution >= 4 is 16.9 Å². The van der Waals surface area contributed by atoms with Gasteiger partial charge in [0.2, 0.25) is 0 Å². The highest BCUT2D eigenvalue weighted by molar-refractivity contribution is 5.81. The van der Waals surface area contributed by atoms with Gasteiger partial charge in [0, 0.05) is 11.6 Å². The summed E-state index contributed by atoms with van der Waals surface area (Å²) in [7, 11) is 0. The molecule has 19 heavy (non-hydrogen) atoms. The molecule has 2 rings (SSSR count). The molecule has 5 nitrogen and oxygen atoms in total. The quantitative estimate of drug-likeness (QED) is 0.761. The topological polar surface area (TPSA) is 83.3 Å². The molecule has 0 fully saturated rings. The third-order valence-corrected chi connectivity index (χ3v) is 3.02. The average molecular weight is 261 g/mol. The van der Waals surface area contributed by atoms with E-state index in [1.807, 2.05) is 30.3 Å². The van der Waals surface area contributed by atoms with Crippen molar-refractivity contribution in [2.24, 2.45) is 11.5 Å². The van der Waals surface area contributed by atoms with Crippen LogP contribution in [0.3, 0.4) is 0 Å². The van der Waals surface area contributed by atoms with Crippen LogP contribution in [0.2, 0.25) is 0 Å². The Kier molecular flexibility index (Phi) is 4.54. The number of carbonyl (C=O) groups is 1. The van der Waals surface area contributed by atoms with E-state index in [1.165, 1.54) is 4.73 Å². The molecule has 0 aliphatic heterocycles. The fraction of sp³-hybridized carbons (Fsp3) is 0.357. The molecule has 0 amide bonds. The minimum Gasteiger partial charge on any atom is -0.335 e. The van der Waals surface area contributed by atoms with Crippen LogP contribution in [-0.2, 0) is 4.79 Å². The van der Waals surface area contributed by atoms with Crippen molar-refractivity contribution in [1.82, 2.24) is 4.73 Å². The van der Waals surface area contributed by atoms with E-state index in [0.29, 0.717) is 13.0 Å². The zero-order chi connectivity index (χ0) is 13.7. The molecule has 0 spiro atoms. The van der Waals surface area contributed by atoms with E-state index in [4.69, 9.17) is 16.3 Å². The van der Waals surface area contributed by atoms with Crippen molar-refractivity contribution < 1.29 is 9.63 Å². The largest absolute Gasteiger partial charge is 0.349 e. The lowest BCUT2D eigenvalue weighted by molar-refractivity contribution is -0.145. The second-order valence-electron chi connectivity index (χ2n) is 4.50. The molecule has 1 heterocycles. The third kappa shape index (κ3) is 3.33. The second-order valence-corrected chi connectivity index (χ2v) is 4.50. The van der Waals surface area contributed by atoms with Crippen molar-refractivity contribution in [2.45, 2.75) is 25.3 Å². The van der Waals surface area contributed by atoms with Gasteiger partial charge in [0.05, 0.1) is 5.52 Å². The Bertz CT molecular complexity index is 550. The number of nitrogens with zero attached hydrogens (tertiary/aromatic N) is 1. The van der Waals surface area contributed by atoms with Crippen molar-refractivity contribution in [1.29, 1.82) is 0 Å². The van der Waals surface area contributed by atoms with Crippen LogP contribution in [0, 0.1) is 0 Å². The third-order valence-electron chi connectivity index (χ3n) is 3.02. The van der Waals surface area contributed by atoms with Crippen LogP contribution >= 0.6 is 0 Å². The van der Waals surface area contributed by atoms with Crippen LogP contribution in [-0.4, -0.2) is 23.3 Å². The first-order valence-corrected chi connectivity index (χ1v) is 6.46. The number of hydrogen-bond acceptors (Lipinski definition) is 4. The minimum absolute atomic E-state index is 0.418. The second kappa shape index (κ2) is 6.36. The maximum atomic E-state index is 11.8. The first-order valence-electron chi connectivity index (χ1n) is 6.46. The summed E-state index contributed by atoms with van der Waals surface area (Å²) in [6.45, 7) is 0.615. The summed E-state index contributed by atoms with van der Waals surface area (Å²) >= 11 is 0. The molecule has 2 aromatic rings. The molecule has 5 heteroatoms. The van der Waals surface area contributed by atoms with Crippen molar-refractivity contribution in [3.8, 4) is 0 Å². The van der Waals surface area contributed by atoms with E-state index >= 15 is 0 Å². The predicted octanol–water partition coefficient (Wildman–Crippen LogP) is 1.05. The number of nitrogens with two attached hydrogens (primary N) is 2. The maximum absolute atomic E-state index is 11.8. The van der Waals surface area contributed by atoms with Crippen LogP contribution in [0.15, 0.2) is 36.5 Å². The van der Waals surface area contributed by atoms with Gasteiger partial charge in [-0.15, -0.1) is 0 Å². The molecular weight excluding hydrogens is 242 g/mol. The normalized spacial score (nSPS) is 12.5. The standard InChI is InChI=1S/C14H19N3O2/c15-9-4-3-6-12(16)14(18)19-17-10-8-11-5-1-2-7-13(11)17/h1-2,5,7-8,10,12H,3-4,6,9,15-16H2/t12-/m0/s1.